The summed E-state index contributed by atoms with van der Waals surface area (Å²) in [6.07, 6.45) is 1.06. The van der Waals surface area contributed by atoms with Crippen molar-refractivity contribution in [2.24, 2.45) is 0 Å². The molecule has 5 heteroatoms. The van der Waals surface area contributed by atoms with Crippen LogP contribution in [0.2, 0.25) is 0 Å². The van der Waals surface area contributed by atoms with Crippen LogP contribution in [0.25, 0.3) is 0 Å². The molecule has 0 atom stereocenters. The summed E-state index contributed by atoms with van der Waals surface area (Å²) in [5.74, 6) is 0.510. The third-order valence-electron chi connectivity index (χ3n) is 1.58. The molecule has 1 aromatic rings. The van der Waals surface area contributed by atoms with Gasteiger partial charge in [-0.1, -0.05) is 6.07 Å². The van der Waals surface area contributed by atoms with Gasteiger partial charge in [0.2, 0.25) is 0 Å². The Morgan fingerprint density at radius 3 is 3.00 bits per heavy atom. The van der Waals surface area contributed by atoms with Crippen LogP contribution in [0.1, 0.15) is 0 Å². The van der Waals surface area contributed by atoms with Crippen LogP contribution in [-0.4, -0.2) is 36.4 Å². The van der Waals surface area contributed by atoms with Gasteiger partial charge in [-0.3, -0.25) is 4.90 Å². The Hall–Kier alpha value is -1.62. The van der Waals surface area contributed by atoms with E-state index in [1.807, 2.05) is 0 Å². The van der Waals surface area contributed by atoms with E-state index in [1.54, 1.807) is 31.4 Å². The average Bonchev–Trinajstić information content (AvgIpc) is 2.26. The number of aliphatic hydroxyl groups is 1. The summed E-state index contributed by atoms with van der Waals surface area (Å²) < 4.78 is 4.70. The van der Waals surface area contributed by atoms with Crippen molar-refractivity contribution in [1.29, 1.82) is 0 Å². The van der Waals surface area contributed by atoms with Crippen molar-refractivity contribution in [2.75, 3.05) is 25.2 Å². The Morgan fingerprint density at radius 1 is 1.64 bits per heavy atom. The highest BCUT2D eigenvalue weighted by atomic mass is 16.6. The Kier molecular flexibility index (Phi) is 3.87. The van der Waals surface area contributed by atoms with Crippen LogP contribution in [0, 0.1) is 0 Å². The van der Waals surface area contributed by atoms with E-state index in [9.17, 15) is 4.79 Å². The van der Waals surface area contributed by atoms with E-state index in [1.165, 1.54) is 4.90 Å². The van der Waals surface area contributed by atoms with Gasteiger partial charge >= 0.3 is 6.09 Å². The first-order valence-electron chi connectivity index (χ1n) is 4.18. The predicted molar refractivity (Wildman–Crippen MR) is 51.1 cm³/mol. The lowest BCUT2D eigenvalue weighted by Gasteiger charge is -2.14. The fraction of sp³-hybridized carbons (Fsp3) is 0.333. The van der Waals surface area contributed by atoms with E-state index in [0.29, 0.717) is 5.82 Å². The second kappa shape index (κ2) is 5.18. The number of hydrogen-bond acceptors (Lipinski definition) is 4. The van der Waals surface area contributed by atoms with Gasteiger partial charge in [0.05, 0.1) is 6.61 Å². The lowest BCUT2D eigenvalue weighted by molar-refractivity contribution is 0.126. The number of carbonyl (C=O) groups excluding carboxylic acids is 1. The minimum atomic E-state index is -0.530. The van der Waals surface area contributed by atoms with Crippen molar-refractivity contribution in [3.05, 3.63) is 24.4 Å². The summed E-state index contributed by atoms with van der Waals surface area (Å²) >= 11 is 0. The topological polar surface area (TPSA) is 62.7 Å². The van der Waals surface area contributed by atoms with Crippen LogP contribution in [0.4, 0.5) is 10.6 Å². The minimum Gasteiger partial charge on any atom is -0.447 e. The van der Waals surface area contributed by atoms with Crippen LogP contribution >= 0.6 is 0 Å². The van der Waals surface area contributed by atoms with Crippen LogP contribution in [0.15, 0.2) is 24.4 Å². The van der Waals surface area contributed by atoms with Gasteiger partial charge < -0.3 is 9.84 Å². The molecule has 1 aromatic heterocycles. The molecule has 1 rings (SSSR count). The van der Waals surface area contributed by atoms with Crippen molar-refractivity contribution >= 4 is 11.9 Å². The maximum absolute atomic E-state index is 11.3. The number of rotatable bonds is 3. The molecule has 1 heterocycles. The molecule has 0 saturated carbocycles. The van der Waals surface area contributed by atoms with Crippen molar-refractivity contribution in [1.82, 2.24) is 4.98 Å². The zero-order chi connectivity index (χ0) is 10.4. The molecule has 0 aliphatic heterocycles. The Labute approximate surface area is 81.9 Å². The standard InChI is InChI=1S/C9H12N2O3/c1-11(9(13)14-7-6-12)8-4-2-3-5-10-8/h2-5,12H,6-7H2,1H3. The fourth-order valence-corrected chi connectivity index (χ4v) is 0.875. The first kappa shape index (κ1) is 10.5. The summed E-state index contributed by atoms with van der Waals surface area (Å²) in [6, 6.07) is 5.23. The largest absolute Gasteiger partial charge is 0.447 e. The maximum atomic E-state index is 11.3. The summed E-state index contributed by atoms with van der Waals surface area (Å²) in [7, 11) is 1.56. The molecule has 0 bridgehead atoms. The number of ether oxygens (including phenoxy) is 1. The monoisotopic (exact) mass is 196 g/mol. The molecule has 0 aliphatic carbocycles. The first-order chi connectivity index (χ1) is 6.75. The minimum absolute atomic E-state index is 0.00396. The zero-order valence-electron chi connectivity index (χ0n) is 7.88. The van der Waals surface area contributed by atoms with Gasteiger partial charge in [0, 0.05) is 13.2 Å². The molecule has 0 saturated heterocycles. The van der Waals surface area contributed by atoms with Crippen LogP contribution in [0.3, 0.4) is 0 Å². The van der Waals surface area contributed by atoms with E-state index in [4.69, 9.17) is 9.84 Å². The van der Waals surface area contributed by atoms with Crippen LogP contribution in [0.5, 0.6) is 0 Å². The number of aromatic nitrogens is 1. The summed E-state index contributed by atoms with van der Waals surface area (Å²) in [6.45, 7) is -0.183. The highest BCUT2D eigenvalue weighted by Crippen LogP contribution is 2.07. The quantitative estimate of drug-likeness (QED) is 0.770. The van der Waals surface area contributed by atoms with E-state index in [0.717, 1.165) is 0 Å². The fourth-order valence-electron chi connectivity index (χ4n) is 0.875. The molecule has 0 radical (unpaired) electrons. The van der Waals surface area contributed by atoms with Gasteiger partial charge in [-0.2, -0.15) is 0 Å². The van der Waals surface area contributed by atoms with Crippen molar-refractivity contribution in [3.63, 3.8) is 0 Å². The van der Waals surface area contributed by atoms with Crippen molar-refractivity contribution in [2.45, 2.75) is 0 Å². The Balaban J connectivity index is 2.57. The van der Waals surface area contributed by atoms with E-state index in [-0.39, 0.29) is 13.2 Å². The number of nitrogens with zero attached hydrogens (tertiary/aromatic N) is 2. The van der Waals surface area contributed by atoms with E-state index in [2.05, 4.69) is 4.98 Å². The Bertz CT molecular complexity index is 289. The normalized spacial score (nSPS) is 9.57. The van der Waals surface area contributed by atoms with Gasteiger partial charge in [0.15, 0.2) is 0 Å². The van der Waals surface area contributed by atoms with Crippen molar-refractivity contribution < 1.29 is 14.6 Å². The third-order valence-corrected chi connectivity index (χ3v) is 1.58. The number of carbonyl (C=O) groups is 1. The molecule has 1 amide bonds. The highest BCUT2D eigenvalue weighted by molar-refractivity contribution is 5.85. The van der Waals surface area contributed by atoms with Crippen LogP contribution < -0.4 is 4.90 Å². The number of hydrogen-bond donors (Lipinski definition) is 1. The molecular weight excluding hydrogens is 184 g/mol. The van der Waals surface area contributed by atoms with Gasteiger partial charge in [-0.15, -0.1) is 0 Å². The van der Waals surface area contributed by atoms with Gasteiger partial charge in [0.25, 0.3) is 0 Å². The molecule has 5 nitrogen and oxygen atoms in total. The molecule has 14 heavy (non-hydrogen) atoms. The third kappa shape index (κ3) is 2.70. The first-order valence-corrected chi connectivity index (χ1v) is 4.18. The Morgan fingerprint density at radius 2 is 2.43 bits per heavy atom. The van der Waals surface area contributed by atoms with Crippen molar-refractivity contribution in [3.8, 4) is 0 Å². The molecule has 0 aliphatic rings. The second-order valence-electron chi connectivity index (χ2n) is 2.58. The number of anilines is 1. The highest BCUT2D eigenvalue weighted by Gasteiger charge is 2.11. The predicted octanol–water partition coefficient (Wildman–Crippen LogP) is 0.647. The molecular formula is C9H12N2O3. The summed E-state index contributed by atoms with van der Waals surface area (Å²) in [5, 5.41) is 8.46. The molecule has 0 spiro atoms. The zero-order valence-corrected chi connectivity index (χ0v) is 7.88. The summed E-state index contributed by atoms with van der Waals surface area (Å²) in [4.78, 5) is 16.5. The number of pyridine rings is 1. The summed E-state index contributed by atoms with van der Waals surface area (Å²) in [5.41, 5.74) is 0. The average molecular weight is 196 g/mol. The number of amides is 1. The molecule has 1 N–H and O–H groups in total. The molecule has 0 aromatic carbocycles. The second-order valence-corrected chi connectivity index (χ2v) is 2.58. The smallest absolute Gasteiger partial charge is 0.415 e. The van der Waals surface area contributed by atoms with Gasteiger partial charge in [-0.05, 0) is 12.1 Å². The van der Waals surface area contributed by atoms with Gasteiger partial charge in [0.1, 0.15) is 12.4 Å². The van der Waals surface area contributed by atoms with Gasteiger partial charge in [-0.25, -0.2) is 9.78 Å². The molecule has 0 fully saturated rings. The molecule has 0 unspecified atom stereocenters. The van der Waals surface area contributed by atoms with Crippen LogP contribution in [-0.2, 0) is 4.74 Å². The SMILES string of the molecule is CN(C(=O)OCCO)c1ccccn1. The lowest BCUT2D eigenvalue weighted by atomic mass is 10.4. The van der Waals surface area contributed by atoms with E-state index >= 15 is 0 Å². The lowest BCUT2D eigenvalue weighted by Crippen LogP contribution is -2.28. The maximum Gasteiger partial charge on any atom is 0.415 e. The number of aliphatic hydroxyl groups excluding tert-OH is 1. The van der Waals surface area contributed by atoms with E-state index < -0.39 is 6.09 Å². The molecule has 76 valence electrons.